The van der Waals surface area contributed by atoms with Crippen LogP contribution in [0.15, 0.2) is 18.2 Å². The molecule has 0 aromatic heterocycles. The largest absolute Gasteiger partial charge is 0.435 e. The second kappa shape index (κ2) is 3.77. The van der Waals surface area contributed by atoms with Crippen molar-refractivity contribution < 1.29 is 13.5 Å². The molecular weight excluding hydrogens is 200 g/mol. The van der Waals surface area contributed by atoms with Gasteiger partial charge in [-0.05, 0) is 24.0 Å². The Hall–Kier alpha value is -1.16. The van der Waals surface area contributed by atoms with E-state index in [-0.39, 0.29) is 17.7 Å². The Labute approximate surface area is 87.0 Å². The van der Waals surface area contributed by atoms with Crippen molar-refractivity contribution in [3.8, 4) is 5.75 Å². The number of fused-ring (bicyclic) bond motifs is 1. The number of nitrogens with two attached hydrogens (primary N) is 1. The maximum atomic E-state index is 12.2. The highest BCUT2D eigenvalue weighted by Crippen LogP contribution is 2.43. The van der Waals surface area contributed by atoms with Crippen molar-refractivity contribution in [2.75, 3.05) is 0 Å². The van der Waals surface area contributed by atoms with Gasteiger partial charge in [-0.1, -0.05) is 19.1 Å². The topological polar surface area (TPSA) is 35.2 Å². The molecule has 4 heteroatoms. The smallest absolute Gasteiger partial charge is 0.387 e. The molecule has 0 fully saturated rings. The van der Waals surface area contributed by atoms with Crippen LogP contribution in [-0.4, -0.2) is 6.61 Å². The lowest BCUT2D eigenvalue weighted by Gasteiger charge is -2.12. The van der Waals surface area contributed by atoms with Gasteiger partial charge in [0.25, 0.3) is 0 Å². The van der Waals surface area contributed by atoms with Gasteiger partial charge in [-0.25, -0.2) is 0 Å². The van der Waals surface area contributed by atoms with E-state index < -0.39 is 6.61 Å². The molecule has 15 heavy (non-hydrogen) atoms. The lowest BCUT2D eigenvalue weighted by Crippen LogP contribution is -2.06. The highest BCUT2D eigenvalue weighted by Gasteiger charge is 2.29. The number of benzene rings is 1. The maximum absolute atomic E-state index is 12.2. The molecule has 2 rings (SSSR count). The van der Waals surface area contributed by atoms with Crippen molar-refractivity contribution in [3.63, 3.8) is 0 Å². The minimum atomic E-state index is -2.78. The zero-order valence-electron chi connectivity index (χ0n) is 8.41. The predicted octanol–water partition coefficient (Wildman–Crippen LogP) is 2.80. The second-order valence-corrected chi connectivity index (χ2v) is 3.88. The van der Waals surface area contributed by atoms with Gasteiger partial charge in [0.1, 0.15) is 5.75 Å². The molecule has 1 aromatic rings. The third-order valence-corrected chi connectivity index (χ3v) is 2.82. The number of rotatable bonds is 2. The summed E-state index contributed by atoms with van der Waals surface area (Å²) in [5.41, 5.74) is 7.66. The number of alkyl halides is 2. The molecule has 0 radical (unpaired) electrons. The first-order valence-electron chi connectivity index (χ1n) is 4.92. The Kier molecular flexibility index (Phi) is 2.61. The van der Waals surface area contributed by atoms with Crippen molar-refractivity contribution in [1.82, 2.24) is 0 Å². The van der Waals surface area contributed by atoms with Gasteiger partial charge < -0.3 is 10.5 Å². The number of hydrogen-bond donors (Lipinski definition) is 1. The first kappa shape index (κ1) is 10.4. The van der Waals surface area contributed by atoms with Crippen molar-refractivity contribution in [1.29, 1.82) is 0 Å². The average molecular weight is 213 g/mol. The second-order valence-electron chi connectivity index (χ2n) is 3.88. The third-order valence-electron chi connectivity index (χ3n) is 2.82. The van der Waals surface area contributed by atoms with Gasteiger partial charge >= 0.3 is 6.61 Å². The van der Waals surface area contributed by atoms with E-state index in [1.54, 1.807) is 12.1 Å². The van der Waals surface area contributed by atoms with Gasteiger partial charge in [0.15, 0.2) is 0 Å². The summed E-state index contributed by atoms with van der Waals surface area (Å²) in [6.07, 6.45) is 0.791. The summed E-state index contributed by atoms with van der Waals surface area (Å²) in [7, 11) is 0. The summed E-state index contributed by atoms with van der Waals surface area (Å²) in [6.45, 7) is -0.801. The number of ether oxygens (including phenoxy) is 1. The minimum Gasteiger partial charge on any atom is -0.435 e. The van der Waals surface area contributed by atoms with E-state index in [2.05, 4.69) is 4.74 Å². The van der Waals surface area contributed by atoms with E-state index in [1.165, 1.54) is 0 Å². The molecule has 2 N–H and O–H groups in total. The van der Waals surface area contributed by atoms with Crippen LogP contribution in [0.25, 0.3) is 0 Å². The summed E-state index contributed by atoms with van der Waals surface area (Å²) in [5, 5.41) is 0. The fourth-order valence-corrected chi connectivity index (χ4v) is 2.24. The first-order valence-corrected chi connectivity index (χ1v) is 4.92. The molecule has 0 heterocycles. The van der Waals surface area contributed by atoms with Crippen molar-refractivity contribution in [3.05, 3.63) is 29.3 Å². The normalized spacial score (nSPS) is 24.3. The lowest BCUT2D eigenvalue weighted by atomic mass is 10.0. The Balaban J connectivity index is 2.41. The summed E-state index contributed by atoms with van der Waals surface area (Å²) < 4.78 is 28.8. The molecule has 2 atom stereocenters. The molecule has 1 aliphatic rings. The number of hydrogen-bond acceptors (Lipinski definition) is 2. The molecule has 0 saturated carbocycles. The summed E-state index contributed by atoms with van der Waals surface area (Å²) in [5.74, 6) is 0.452. The highest BCUT2D eigenvalue weighted by molar-refractivity contribution is 5.47. The summed E-state index contributed by atoms with van der Waals surface area (Å²) in [4.78, 5) is 0. The summed E-state index contributed by atoms with van der Waals surface area (Å²) in [6, 6.07) is 5.09. The van der Waals surface area contributed by atoms with Crippen LogP contribution in [0.2, 0.25) is 0 Å². The van der Waals surface area contributed by atoms with Crippen molar-refractivity contribution >= 4 is 0 Å². The zero-order chi connectivity index (χ0) is 11.0. The lowest BCUT2D eigenvalue weighted by molar-refractivity contribution is -0.0505. The van der Waals surface area contributed by atoms with Gasteiger partial charge in [-0.3, -0.25) is 0 Å². The van der Waals surface area contributed by atoms with Gasteiger partial charge in [-0.15, -0.1) is 0 Å². The van der Waals surface area contributed by atoms with Gasteiger partial charge in [0.2, 0.25) is 0 Å². The molecule has 1 aromatic carbocycles. The van der Waals surface area contributed by atoms with Crippen LogP contribution < -0.4 is 10.5 Å². The Morgan fingerprint density at radius 1 is 1.47 bits per heavy atom. The molecule has 1 aliphatic carbocycles. The van der Waals surface area contributed by atoms with E-state index in [0.29, 0.717) is 0 Å². The predicted molar refractivity (Wildman–Crippen MR) is 53.0 cm³/mol. The van der Waals surface area contributed by atoms with E-state index in [4.69, 9.17) is 5.73 Å². The van der Waals surface area contributed by atoms with Crippen LogP contribution >= 0.6 is 0 Å². The quantitative estimate of drug-likeness (QED) is 0.819. The van der Waals surface area contributed by atoms with Gasteiger partial charge in [0, 0.05) is 11.6 Å². The van der Waals surface area contributed by atoms with Crippen LogP contribution in [0.4, 0.5) is 8.78 Å². The van der Waals surface area contributed by atoms with Crippen molar-refractivity contribution in [2.45, 2.75) is 31.9 Å². The maximum Gasteiger partial charge on any atom is 0.387 e. The summed E-state index contributed by atoms with van der Waals surface area (Å²) >= 11 is 0. The molecule has 0 aliphatic heterocycles. The van der Waals surface area contributed by atoms with E-state index in [9.17, 15) is 8.78 Å². The van der Waals surface area contributed by atoms with E-state index in [1.807, 2.05) is 13.0 Å². The number of halogens is 2. The SMILES string of the molecule is CC1CC(N)c2cccc(OC(F)F)c21. The first-order chi connectivity index (χ1) is 7.09. The molecule has 0 saturated heterocycles. The van der Waals surface area contributed by atoms with Gasteiger partial charge in [-0.2, -0.15) is 8.78 Å². The van der Waals surface area contributed by atoms with Crippen LogP contribution in [0.1, 0.15) is 36.4 Å². The van der Waals surface area contributed by atoms with Crippen LogP contribution in [-0.2, 0) is 0 Å². The molecule has 0 amide bonds. The monoisotopic (exact) mass is 213 g/mol. The standard InChI is InChI=1S/C11H13F2NO/c1-6-5-8(14)7-3-2-4-9(10(6)7)15-11(12)13/h2-4,6,8,11H,5,14H2,1H3. The van der Waals surface area contributed by atoms with Crippen LogP contribution in [0, 0.1) is 0 Å². The highest BCUT2D eigenvalue weighted by atomic mass is 19.3. The minimum absolute atomic E-state index is 0.0591. The molecule has 2 nitrogen and oxygen atoms in total. The van der Waals surface area contributed by atoms with Crippen LogP contribution in [0.3, 0.4) is 0 Å². The van der Waals surface area contributed by atoms with E-state index >= 15 is 0 Å². The molecule has 82 valence electrons. The average Bonchev–Trinajstić information content (AvgIpc) is 2.43. The third kappa shape index (κ3) is 1.81. The Morgan fingerprint density at radius 3 is 2.87 bits per heavy atom. The van der Waals surface area contributed by atoms with Crippen LogP contribution in [0.5, 0.6) is 5.75 Å². The molecular formula is C11H13F2NO. The Bertz CT molecular complexity index is 368. The molecule has 2 unspecified atom stereocenters. The fourth-order valence-electron chi connectivity index (χ4n) is 2.24. The Morgan fingerprint density at radius 2 is 2.20 bits per heavy atom. The molecule has 0 spiro atoms. The fraction of sp³-hybridized carbons (Fsp3) is 0.455. The van der Waals surface area contributed by atoms with Crippen molar-refractivity contribution in [2.24, 2.45) is 5.73 Å². The van der Waals surface area contributed by atoms with Gasteiger partial charge in [0.05, 0.1) is 0 Å². The zero-order valence-corrected chi connectivity index (χ0v) is 8.41. The molecule has 0 bridgehead atoms. The van der Waals surface area contributed by atoms with E-state index in [0.717, 1.165) is 17.5 Å².